The normalized spacial score (nSPS) is 17.5. The molecule has 2 N–H and O–H groups in total. The zero-order valence-corrected chi connectivity index (χ0v) is 16.6. The summed E-state index contributed by atoms with van der Waals surface area (Å²) in [4.78, 5) is 9.37. The minimum atomic E-state index is 0.127. The molecule has 4 nitrogen and oxygen atoms in total. The van der Waals surface area contributed by atoms with E-state index in [1.165, 1.54) is 10.3 Å². The highest BCUT2D eigenvalue weighted by Crippen LogP contribution is 2.26. The fourth-order valence-electron chi connectivity index (χ4n) is 2.83. The number of rotatable bonds is 5. The van der Waals surface area contributed by atoms with Crippen molar-refractivity contribution in [3.05, 3.63) is 54.1 Å². The van der Waals surface area contributed by atoms with E-state index in [9.17, 15) is 0 Å². The number of aromatic nitrogens is 1. The third-order valence-corrected chi connectivity index (χ3v) is 6.47. The number of hydrogen-bond acceptors (Lipinski definition) is 5. The minimum absolute atomic E-state index is 0.127. The van der Waals surface area contributed by atoms with E-state index in [1.54, 1.807) is 23.1 Å². The average Bonchev–Trinajstić information content (AvgIpc) is 3.17. The van der Waals surface area contributed by atoms with Gasteiger partial charge in [0.15, 0.2) is 10.3 Å². The lowest BCUT2D eigenvalue weighted by molar-refractivity contribution is 0.537. The number of anilines is 1. The maximum Gasteiger partial charge on any atom is 0.183 e. The molecule has 1 aromatic heterocycles. The molecule has 3 aromatic rings. The number of hydrogen-bond donors (Lipinski definition) is 2. The van der Waals surface area contributed by atoms with Crippen molar-refractivity contribution >= 4 is 49.3 Å². The van der Waals surface area contributed by atoms with E-state index in [1.807, 2.05) is 6.07 Å². The summed E-state index contributed by atoms with van der Waals surface area (Å²) in [6, 6.07) is 16.7. The number of fused-ring (bicyclic) bond motifs is 1. The van der Waals surface area contributed by atoms with Crippen LogP contribution in [0.25, 0.3) is 10.2 Å². The summed E-state index contributed by atoms with van der Waals surface area (Å²) in [5.41, 5.74) is 3.47. The predicted octanol–water partition coefficient (Wildman–Crippen LogP) is 5.05. The van der Waals surface area contributed by atoms with Crippen molar-refractivity contribution in [2.45, 2.75) is 25.8 Å². The number of para-hydroxylation sites is 1. The number of aliphatic imine (C=N–C) groups is 1. The van der Waals surface area contributed by atoms with Gasteiger partial charge in [-0.25, -0.2) is 9.98 Å². The Hall–Kier alpha value is -2.05. The van der Waals surface area contributed by atoms with Gasteiger partial charge in [-0.2, -0.15) is 0 Å². The van der Waals surface area contributed by atoms with E-state index in [0.717, 1.165) is 40.2 Å². The number of benzene rings is 2. The van der Waals surface area contributed by atoms with Crippen LogP contribution in [-0.2, 0) is 6.42 Å². The SMILES string of the molecule is CC1(C)CS/C(=N/c2cccc(CCNc3nc4ccccc4s3)c2)N1. The van der Waals surface area contributed by atoms with Gasteiger partial charge < -0.3 is 10.6 Å². The average molecular weight is 383 g/mol. The minimum Gasteiger partial charge on any atom is -0.361 e. The molecule has 0 unspecified atom stereocenters. The standard InChI is InChI=1S/C20H22N4S2/c1-20(2)13-25-19(24-20)22-15-7-5-6-14(12-15)10-11-21-18-23-16-8-3-4-9-17(16)26-18/h3-9,12H,10-11,13H2,1-2H3,(H,21,23)(H,22,24). The van der Waals surface area contributed by atoms with Gasteiger partial charge in [0.2, 0.25) is 0 Å². The maximum atomic E-state index is 4.75. The van der Waals surface area contributed by atoms with Crippen LogP contribution in [0.3, 0.4) is 0 Å². The molecule has 0 aliphatic carbocycles. The molecular formula is C20H22N4S2. The van der Waals surface area contributed by atoms with Crippen LogP contribution in [0.5, 0.6) is 0 Å². The molecule has 1 aliphatic rings. The lowest BCUT2D eigenvalue weighted by Gasteiger charge is -2.15. The van der Waals surface area contributed by atoms with Gasteiger partial charge in [0.05, 0.1) is 15.9 Å². The highest BCUT2D eigenvalue weighted by atomic mass is 32.2. The van der Waals surface area contributed by atoms with Crippen LogP contribution in [0.4, 0.5) is 10.8 Å². The maximum absolute atomic E-state index is 4.75. The summed E-state index contributed by atoms with van der Waals surface area (Å²) in [5.74, 6) is 1.05. The van der Waals surface area contributed by atoms with E-state index >= 15 is 0 Å². The van der Waals surface area contributed by atoms with Crippen LogP contribution in [-0.4, -0.2) is 28.0 Å². The van der Waals surface area contributed by atoms with Gasteiger partial charge in [0.25, 0.3) is 0 Å². The van der Waals surface area contributed by atoms with Crippen LogP contribution in [0.1, 0.15) is 19.4 Å². The lowest BCUT2D eigenvalue weighted by Crippen LogP contribution is -2.36. The molecule has 0 bridgehead atoms. The van der Waals surface area contributed by atoms with Gasteiger partial charge in [0, 0.05) is 17.8 Å². The van der Waals surface area contributed by atoms with Crippen molar-refractivity contribution in [1.82, 2.24) is 10.3 Å². The van der Waals surface area contributed by atoms with Gasteiger partial charge in [-0.1, -0.05) is 47.4 Å². The zero-order chi connectivity index (χ0) is 18.0. The molecule has 0 spiro atoms. The summed E-state index contributed by atoms with van der Waals surface area (Å²) in [7, 11) is 0. The van der Waals surface area contributed by atoms with Crippen LogP contribution in [0.2, 0.25) is 0 Å². The van der Waals surface area contributed by atoms with E-state index in [2.05, 4.69) is 71.9 Å². The summed E-state index contributed by atoms with van der Waals surface area (Å²) in [6.45, 7) is 5.26. The number of thiazole rings is 1. The second kappa shape index (κ2) is 7.29. The molecule has 134 valence electrons. The van der Waals surface area contributed by atoms with Crippen molar-refractivity contribution in [3.63, 3.8) is 0 Å². The molecule has 1 aliphatic heterocycles. The van der Waals surface area contributed by atoms with Crippen molar-refractivity contribution in [1.29, 1.82) is 0 Å². The molecule has 0 saturated carbocycles. The van der Waals surface area contributed by atoms with Gasteiger partial charge in [-0.15, -0.1) is 0 Å². The molecule has 0 atom stereocenters. The molecule has 1 saturated heterocycles. The Balaban J connectivity index is 1.37. The molecule has 26 heavy (non-hydrogen) atoms. The Morgan fingerprint density at radius 3 is 2.88 bits per heavy atom. The van der Waals surface area contributed by atoms with Crippen LogP contribution in [0, 0.1) is 0 Å². The van der Waals surface area contributed by atoms with E-state index in [0.29, 0.717) is 0 Å². The van der Waals surface area contributed by atoms with E-state index in [4.69, 9.17) is 4.99 Å². The quantitative estimate of drug-likeness (QED) is 0.648. The Morgan fingerprint density at radius 1 is 1.19 bits per heavy atom. The second-order valence-electron chi connectivity index (χ2n) is 7.05. The first-order chi connectivity index (χ1) is 12.6. The third-order valence-electron chi connectivity index (χ3n) is 4.14. The fourth-order valence-corrected chi connectivity index (χ4v) is 4.81. The first-order valence-corrected chi connectivity index (χ1v) is 10.6. The van der Waals surface area contributed by atoms with Crippen molar-refractivity contribution in [2.75, 3.05) is 17.6 Å². The molecule has 4 rings (SSSR count). The Bertz CT molecular complexity index is 913. The molecule has 2 heterocycles. The van der Waals surface area contributed by atoms with Crippen LogP contribution < -0.4 is 10.6 Å². The topological polar surface area (TPSA) is 49.3 Å². The largest absolute Gasteiger partial charge is 0.361 e. The third kappa shape index (κ3) is 4.19. The predicted molar refractivity (Wildman–Crippen MR) is 115 cm³/mol. The number of nitrogens with one attached hydrogen (secondary N) is 2. The Labute approximate surface area is 162 Å². The van der Waals surface area contributed by atoms with E-state index < -0.39 is 0 Å². The molecule has 6 heteroatoms. The first-order valence-electron chi connectivity index (χ1n) is 8.75. The van der Waals surface area contributed by atoms with Crippen molar-refractivity contribution < 1.29 is 0 Å². The van der Waals surface area contributed by atoms with E-state index in [-0.39, 0.29) is 5.54 Å². The highest BCUT2D eigenvalue weighted by molar-refractivity contribution is 8.14. The monoisotopic (exact) mass is 382 g/mol. The van der Waals surface area contributed by atoms with Crippen LogP contribution in [0.15, 0.2) is 53.5 Å². The molecule has 0 radical (unpaired) electrons. The van der Waals surface area contributed by atoms with Gasteiger partial charge in [0.1, 0.15) is 0 Å². The summed E-state index contributed by atoms with van der Waals surface area (Å²) in [5, 5.41) is 8.91. The number of thioether (sulfide) groups is 1. The fraction of sp³-hybridized carbons (Fsp3) is 0.300. The number of nitrogens with zero attached hydrogens (tertiary/aromatic N) is 2. The lowest BCUT2D eigenvalue weighted by atomic mass is 10.1. The summed E-state index contributed by atoms with van der Waals surface area (Å²) < 4.78 is 1.22. The molecule has 0 amide bonds. The summed E-state index contributed by atoms with van der Waals surface area (Å²) >= 11 is 3.49. The number of amidine groups is 1. The molecule has 1 fully saturated rings. The van der Waals surface area contributed by atoms with Crippen LogP contribution >= 0.6 is 23.1 Å². The summed E-state index contributed by atoms with van der Waals surface area (Å²) in [6.07, 6.45) is 0.945. The molecular weight excluding hydrogens is 360 g/mol. The van der Waals surface area contributed by atoms with Gasteiger partial charge in [-0.05, 0) is 50.1 Å². The Kier molecular flexibility index (Phi) is 4.87. The smallest absolute Gasteiger partial charge is 0.183 e. The highest BCUT2D eigenvalue weighted by Gasteiger charge is 2.27. The zero-order valence-electron chi connectivity index (χ0n) is 15.0. The first kappa shape index (κ1) is 17.4. The van der Waals surface area contributed by atoms with Gasteiger partial charge in [-0.3, -0.25) is 0 Å². The van der Waals surface area contributed by atoms with Crippen molar-refractivity contribution in [2.24, 2.45) is 4.99 Å². The second-order valence-corrected chi connectivity index (χ2v) is 9.04. The molecule has 2 aromatic carbocycles. The van der Waals surface area contributed by atoms with Gasteiger partial charge >= 0.3 is 0 Å². The Morgan fingerprint density at radius 2 is 2.08 bits per heavy atom. The van der Waals surface area contributed by atoms with Crippen molar-refractivity contribution in [3.8, 4) is 0 Å².